The van der Waals surface area contributed by atoms with Gasteiger partial charge in [-0.25, -0.2) is 0 Å². The molecule has 0 saturated heterocycles. The van der Waals surface area contributed by atoms with Gasteiger partial charge in [-0.1, -0.05) is 17.7 Å². The fraction of sp³-hybridized carbons (Fsp3) is 0.211. The Hall–Kier alpha value is -2.75. The summed E-state index contributed by atoms with van der Waals surface area (Å²) in [6.07, 6.45) is 7.86. The fourth-order valence-electron chi connectivity index (χ4n) is 2.19. The molecule has 0 unspecified atom stereocenters. The number of nitrogens with one attached hydrogen (secondary N) is 1. The first kappa shape index (κ1) is 16.6. The Morgan fingerprint density at radius 3 is 2.70 bits per heavy atom. The van der Waals surface area contributed by atoms with Crippen molar-refractivity contribution in [2.75, 3.05) is 7.11 Å². The molecule has 0 aliphatic carbocycles. The summed E-state index contributed by atoms with van der Waals surface area (Å²) in [5.41, 5.74) is 3.39. The van der Waals surface area contributed by atoms with E-state index in [0.717, 1.165) is 11.1 Å². The zero-order valence-corrected chi connectivity index (χ0v) is 13.6. The molecule has 120 valence electrons. The van der Waals surface area contributed by atoms with Crippen molar-refractivity contribution in [3.63, 3.8) is 0 Å². The lowest BCUT2D eigenvalue weighted by Crippen LogP contribution is -1.97. The second-order valence-corrected chi connectivity index (χ2v) is 5.52. The van der Waals surface area contributed by atoms with Crippen LogP contribution >= 0.6 is 0 Å². The molecule has 0 aliphatic rings. The molecule has 2 aromatic rings. The highest BCUT2D eigenvalue weighted by Crippen LogP contribution is 2.31. The van der Waals surface area contributed by atoms with Crippen molar-refractivity contribution in [1.82, 2.24) is 4.98 Å². The average molecular weight is 311 g/mol. The highest BCUT2D eigenvalue weighted by atomic mass is 16.5. The predicted octanol–water partition coefficient (Wildman–Crippen LogP) is 3.77. The van der Waals surface area contributed by atoms with Crippen LogP contribution in [-0.2, 0) is 6.42 Å². The normalized spacial score (nSPS) is 10.7. The van der Waals surface area contributed by atoms with Gasteiger partial charge >= 0.3 is 0 Å². The molecule has 0 aliphatic heterocycles. The molecule has 0 bridgehead atoms. The largest absolute Gasteiger partial charge is 0.507 e. The van der Waals surface area contributed by atoms with Gasteiger partial charge in [-0.15, -0.1) is 0 Å². The summed E-state index contributed by atoms with van der Waals surface area (Å²) in [5.74, 6) is 0.840. The fourth-order valence-corrected chi connectivity index (χ4v) is 2.19. The molecule has 0 atom stereocenters. The predicted molar refractivity (Wildman–Crippen MR) is 93.8 cm³/mol. The van der Waals surface area contributed by atoms with Gasteiger partial charge in [-0.3, -0.25) is 4.79 Å². The van der Waals surface area contributed by atoms with E-state index in [0.29, 0.717) is 17.9 Å². The minimum Gasteiger partial charge on any atom is -0.507 e. The lowest BCUT2D eigenvalue weighted by atomic mass is 10.0. The molecular weight excluding hydrogens is 290 g/mol. The second kappa shape index (κ2) is 7.49. The van der Waals surface area contributed by atoms with E-state index in [4.69, 9.17) is 4.74 Å². The van der Waals surface area contributed by atoms with Crippen molar-refractivity contribution < 1.29 is 9.84 Å². The van der Waals surface area contributed by atoms with Gasteiger partial charge in [-0.2, -0.15) is 0 Å². The van der Waals surface area contributed by atoms with Crippen LogP contribution < -0.4 is 10.2 Å². The van der Waals surface area contributed by atoms with Gasteiger partial charge in [0.25, 0.3) is 0 Å². The number of phenolic OH excluding ortho intramolecular Hbond substituents is 1. The Kier molecular flexibility index (Phi) is 5.41. The Bertz CT molecular complexity index is 797. The van der Waals surface area contributed by atoms with Crippen molar-refractivity contribution in [3.05, 3.63) is 69.2 Å². The first-order valence-corrected chi connectivity index (χ1v) is 7.39. The first-order chi connectivity index (χ1) is 11.0. The third-order valence-corrected chi connectivity index (χ3v) is 3.39. The number of hydrogen-bond acceptors (Lipinski definition) is 3. The summed E-state index contributed by atoms with van der Waals surface area (Å²) in [7, 11) is 1.59. The zero-order chi connectivity index (χ0) is 16.8. The van der Waals surface area contributed by atoms with Crippen LogP contribution in [0.1, 0.15) is 30.7 Å². The Morgan fingerprint density at radius 1 is 1.26 bits per heavy atom. The van der Waals surface area contributed by atoms with Crippen LogP contribution in [0.15, 0.2) is 46.9 Å². The van der Waals surface area contributed by atoms with E-state index in [-0.39, 0.29) is 11.2 Å². The van der Waals surface area contributed by atoms with E-state index in [1.807, 2.05) is 32.1 Å². The lowest BCUT2D eigenvalue weighted by molar-refractivity contribution is 0.401. The van der Waals surface area contributed by atoms with E-state index < -0.39 is 0 Å². The molecule has 1 heterocycles. The molecule has 0 fully saturated rings. The van der Waals surface area contributed by atoms with Crippen molar-refractivity contribution in [3.8, 4) is 11.5 Å². The zero-order valence-electron chi connectivity index (χ0n) is 13.6. The molecular formula is C19H21NO3. The van der Waals surface area contributed by atoms with Crippen molar-refractivity contribution in [1.29, 1.82) is 0 Å². The molecule has 1 aromatic carbocycles. The second-order valence-electron chi connectivity index (χ2n) is 5.52. The molecule has 0 saturated carbocycles. The minimum absolute atomic E-state index is 0.0547. The number of aromatic amines is 1. The number of phenols is 1. The monoisotopic (exact) mass is 311 g/mol. The number of benzene rings is 1. The Labute approximate surface area is 135 Å². The van der Waals surface area contributed by atoms with Gasteiger partial charge in [-0.05, 0) is 44.0 Å². The molecule has 23 heavy (non-hydrogen) atoms. The highest BCUT2D eigenvalue weighted by Gasteiger charge is 2.09. The van der Waals surface area contributed by atoms with Crippen LogP contribution in [0.25, 0.3) is 12.2 Å². The summed E-state index contributed by atoms with van der Waals surface area (Å²) < 4.78 is 5.39. The molecule has 0 spiro atoms. The van der Waals surface area contributed by atoms with Crippen LogP contribution in [0, 0.1) is 0 Å². The maximum atomic E-state index is 11.3. The molecule has 0 amide bonds. The molecule has 0 radical (unpaired) electrons. The number of aromatic hydroxyl groups is 1. The van der Waals surface area contributed by atoms with Crippen LogP contribution in [0.2, 0.25) is 0 Å². The SMILES string of the molecule is COc1cc(/C=C/c2cc(=O)cc[nH]2)cc(O)c1CC=C(C)C. The van der Waals surface area contributed by atoms with Crippen molar-refractivity contribution >= 4 is 12.2 Å². The summed E-state index contributed by atoms with van der Waals surface area (Å²) in [6.45, 7) is 4.03. The van der Waals surface area contributed by atoms with Crippen LogP contribution in [0.5, 0.6) is 11.5 Å². The summed E-state index contributed by atoms with van der Waals surface area (Å²) >= 11 is 0. The van der Waals surface area contributed by atoms with Gasteiger partial charge in [0, 0.05) is 29.6 Å². The highest BCUT2D eigenvalue weighted by molar-refractivity contribution is 5.70. The number of ether oxygens (including phenoxy) is 1. The summed E-state index contributed by atoms with van der Waals surface area (Å²) in [5, 5.41) is 10.3. The van der Waals surface area contributed by atoms with Gasteiger partial charge in [0.1, 0.15) is 11.5 Å². The smallest absolute Gasteiger partial charge is 0.182 e. The minimum atomic E-state index is -0.0547. The Morgan fingerprint density at radius 2 is 2.04 bits per heavy atom. The van der Waals surface area contributed by atoms with E-state index >= 15 is 0 Å². The number of H-pyrrole nitrogens is 1. The van der Waals surface area contributed by atoms with E-state index in [9.17, 15) is 9.90 Å². The van der Waals surface area contributed by atoms with Crippen LogP contribution in [0.4, 0.5) is 0 Å². The number of pyridine rings is 1. The number of rotatable bonds is 5. The van der Waals surface area contributed by atoms with E-state index in [2.05, 4.69) is 4.98 Å². The van der Waals surface area contributed by atoms with Crippen molar-refractivity contribution in [2.24, 2.45) is 0 Å². The quantitative estimate of drug-likeness (QED) is 0.826. The topological polar surface area (TPSA) is 62.3 Å². The molecule has 2 N–H and O–H groups in total. The number of hydrogen-bond donors (Lipinski definition) is 2. The Balaban J connectivity index is 2.32. The number of allylic oxidation sites excluding steroid dienone is 2. The standard InChI is InChI=1S/C19H21NO3/c1-13(2)4-7-17-18(22)10-14(11-19(17)23-3)5-6-15-12-16(21)8-9-20-15/h4-6,8-12,22H,7H2,1-3H3,(H,20,21)/b6-5+. The summed E-state index contributed by atoms with van der Waals surface area (Å²) in [6, 6.07) is 6.53. The maximum Gasteiger partial charge on any atom is 0.182 e. The molecule has 4 nitrogen and oxygen atoms in total. The van der Waals surface area contributed by atoms with Gasteiger partial charge in [0.05, 0.1) is 7.11 Å². The van der Waals surface area contributed by atoms with Crippen LogP contribution in [-0.4, -0.2) is 17.2 Å². The third kappa shape index (κ3) is 4.61. The first-order valence-electron chi connectivity index (χ1n) is 7.39. The third-order valence-electron chi connectivity index (χ3n) is 3.39. The average Bonchev–Trinajstić information content (AvgIpc) is 2.51. The summed E-state index contributed by atoms with van der Waals surface area (Å²) in [4.78, 5) is 14.3. The van der Waals surface area contributed by atoms with Gasteiger partial charge < -0.3 is 14.8 Å². The van der Waals surface area contributed by atoms with Crippen molar-refractivity contribution in [2.45, 2.75) is 20.3 Å². The number of methoxy groups -OCH3 is 1. The molecule has 1 aromatic heterocycles. The van der Waals surface area contributed by atoms with E-state index in [1.54, 1.807) is 25.4 Å². The van der Waals surface area contributed by atoms with Crippen LogP contribution in [0.3, 0.4) is 0 Å². The van der Waals surface area contributed by atoms with E-state index in [1.165, 1.54) is 17.7 Å². The van der Waals surface area contributed by atoms with Gasteiger partial charge in [0.15, 0.2) is 5.43 Å². The van der Waals surface area contributed by atoms with Gasteiger partial charge in [0.2, 0.25) is 0 Å². The lowest BCUT2D eigenvalue weighted by Gasteiger charge is -2.10. The number of aromatic nitrogens is 1. The molecule has 4 heteroatoms. The maximum absolute atomic E-state index is 11.3. The molecule has 2 rings (SSSR count).